The number of benzene rings is 2. The van der Waals surface area contributed by atoms with E-state index >= 15 is 0 Å². The molecule has 1 fully saturated rings. The maximum absolute atomic E-state index is 3.78. The molecule has 0 amide bonds. The van der Waals surface area contributed by atoms with E-state index in [0.29, 0.717) is 12.0 Å². The van der Waals surface area contributed by atoms with Crippen LogP contribution in [0, 0.1) is 5.92 Å². The van der Waals surface area contributed by atoms with Crippen LogP contribution in [0.1, 0.15) is 35.9 Å². The number of rotatable bonds is 2. The van der Waals surface area contributed by atoms with Crippen LogP contribution < -0.4 is 10.6 Å². The second-order valence-corrected chi connectivity index (χ2v) is 6.23. The first-order chi connectivity index (χ1) is 10.4. The zero-order valence-electron chi connectivity index (χ0n) is 12.3. The predicted octanol–water partition coefficient (Wildman–Crippen LogP) is 3.94. The number of nitrogens with one attached hydrogen (secondary N) is 2. The van der Waals surface area contributed by atoms with Gasteiger partial charge in [-0.1, -0.05) is 48.5 Å². The monoisotopic (exact) mass is 278 g/mol. The molecule has 0 radical (unpaired) electrons. The van der Waals surface area contributed by atoms with Gasteiger partial charge in [-0.25, -0.2) is 0 Å². The second kappa shape index (κ2) is 5.53. The molecule has 2 atom stereocenters. The molecule has 2 heterocycles. The minimum absolute atomic E-state index is 0.423. The summed E-state index contributed by atoms with van der Waals surface area (Å²) in [4.78, 5) is 0. The molecule has 2 heteroatoms. The Morgan fingerprint density at radius 3 is 2.33 bits per heavy atom. The van der Waals surface area contributed by atoms with Crippen LogP contribution in [0.4, 0.5) is 5.69 Å². The molecule has 2 aromatic carbocycles. The highest BCUT2D eigenvalue weighted by molar-refractivity contribution is 5.61. The fourth-order valence-corrected chi connectivity index (χ4v) is 4.04. The molecule has 4 rings (SSSR count). The molecule has 2 aliphatic heterocycles. The zero-order chi connectivity index (χ0) is 14.1. The summed E-state index contributed by atoms with van der Waals surface area (Å²) in [5.41, 5.74) is 4.25. The topological polar surface area (TPSA) is 24.1 Å². The summed E-state index contributed by atoms with van der Waals surface area (Å²) in [5, 5.41) is 7.27. The number of anilines is 1. The molecular weight excluding hydrogens is 256 g/mol. The van der Waals surface area contributed by atoms with Crippen LogP contribution in [0.15, 0.2) is 54.6 Å². The lowest BCUT2D eigenvalue weighted by atomic mass is 9.76. The molecule has 0 aromatic heterocycles. The van der Waals surface area contributed by atoms with Gasteiger partial charge >= 0.3 is 0 Å². The molecule has 0 bridgehead atoms. The second-order valence-electron chi connectivity index (χ2n) is 6.23. The summed E-state index contributed by atoms with van der Waals surface area (Å²) in [6.07, 6.45) is 2.56. The molecule has 1 saturated heterocycles. The molecule has 2 N–H and O–H groups in total. The van der Waals surface area contributed by atoms with Gasteiger partial charge in [-0.05, 0) is 49.0 Å². The van der Waals surface area contributed by atoms with E-state index in [9.17, 15) is 0 Å². The van der Waals surface area contributed by atoms with E-state index in [1.54, 1.807) is 0 Å². The van der Waals surface area contributed by atoms with Crippen molar-refractivity contribution in [2.75, 3.05) is 18.4 Å². The van der Waals surface area contributed by atoms with E-state index in [-0.39, 0.29) is 0 Å². The third kappa shape index (κ3) is 2.34. The Morgan fingerprint density at radius 1 is 0.810 bits per heavy atom. The summed E-state index contributed by atoms with van der Waals surface area (Å²) in [7, 11) is 0. The van der Waals surface area contributed by atoms with Crippen LogP contribution in [0.2, 0.25) is 0 Å². The molecule has 0 aliphatic carbocycles. The molecule has 0 saturated carbocycles. The number of fused-ring (bicyclic) bond motifs is 1. The van der Waals surface area contributed by atoms with Crippen LogP contribution >= 0.6 is 0 Å². The lowest BCUT2D eigenvalue weighted by molar-refractivity contribution is 0.305. The van der Waals surface area contributed by atoms with Crippen LogP contribution in [0.3, 0.4) is 0 Å². The van der Waals surface area contributed by atoms with E-state index in [1.165, 1.54) is 29.7 Å². The van der Waals surface area contributed by atoms with Crippen molar-refractivity contribution in [2.24, 2.45) is 5.92 Å². The van der Waals surface area contributed by atoms with Gasteiger partial charge in [0.2, 0.25) is 0 Å². The number of hydrogen-bond acceptors (Lipinski definition) is 2. The minimum atomic E-state index is 0.423. The average Bonchev–Trinajstić information content (AvgIpc) is 2.96. The van der Waals surface area contributed by atoms with Crippen LogP contribution in [0.5, 0.6) is 0 Å². The predicted molar refractivity (Wildman–Crippen MR) is 87.6 cm³/mol. The standard InChI is InChI=1S/C19H22N2/c1-2-6-15(7-3-1)19-18(14-10-12-20-13-11-14)16-8-4-5-9-17(16)21-19/h1-9,14,18-21H,10-13H2. The first-order valence-electron chi connectivity index (χ1n) is 8.04. The van der Waals surface area contributed by atoms with Gasteiger partial charge in [0.15, 0.2) is 0 Å². The Kier molecular flexibility index (Phi) is 3.40. The first-order valence-corrected chi connectivity index (χ1v) is 8.04. The SMILES string of the molecule is c1ccc(C2Nc3ccccc3C2C2CCNCC2)cc1. The number of hydrogen-bond donors (Lipinski definition) is 2. The summed E-state index contributed by atoms with van der Waals surface area (Å²) in [5.74, 6) is 1.37. The summed E-state index contributed by atoms with van der Waals surface area (Å²) < 4.78 is 0. The van der Waals surface area contributed by atoms with Gasteiger partial charge in [0.05, 0.1) is 6.04 Å². The zero-order valence-corrected chi connectivity index (χ0v) is 12.3. The minimum Gasteiger partial charge on any atom is -0.377 e. The summed E-state index contributed by atoms with van der Waals surface area (Å²) in [6.45, 7) is 2.32. The van der Waals surface area contributed by atoms with E-state index in [2.05, 4.69) is 65.2 Å². The van der Waals surface area contributed by atoms with Crippen molar-refractivity contribution in [1.29, 1.82) is 0 Å². The van der Waals surface area contributed by atoms with Crippen molar-refractivity contribution >= 4 is 5.69 Å². The van der Waals surface area contributed by atoms with Crippen LogP contribution in [-0.2, 0) is 0 Å². The van der Waals surface area contributed by atoms with Gasteiger partial charge in [-0.15, -0.1) is 0 Å². The van der Waals surface area contributed by atoms with Crippen LogP contribution in [0.25, 0.3) is 0 Å². The van der Waals surface area contributed by atoms with Crippen molar-refractivity contribution < 1.29 is 0 Å². The van der Waals surface area contributed by atoms with E-state index in [0.717, 1.165) is 19.0 Å². The fourth-order valence-electron chi connectivity index (χ4n) is 4.04. The van der Waals surface area contributed by atoms with Gasteiger partial charge in [0.25, 0.3) is 0 Å². The molecule has 108 valence electrons. The molecule has 2 unspecified atom stereocenters. The third-order valence-corrected chi connectivity index (χ3v) is 5.04. The van der Waals surface area contributed by atoms with Gasteiger partial charge < -0.3 is 10.6 Å². The summed E-state index contributed by atoms with van der Waals surface area (Å²) in [6, 6.07) is 20.2. The Hall–Kier alpha value is -1.80. The third-order valence-electron chi connectivity index (χ3n) is 5.04. The Bertz CT molecular complexity index is 602. The van der Waals surface area contributed by atoms with Gasteiger partial charge in [0, 0.05) is 11.6 Å². The first kappa shape index (κ1) is 12.9. The highest BCUT2D eigenvalue weighted by Gasteiger charge is 2.38. The van der Waals surface area contributed by atoms with Gasteiger partial charge in [0.1, 0.15) is 0 Å². The molecule has 0 spiro atoms. The van der Waals surface area contributed by atoms with E-state index in [1.807, 2.05) is 0 Å². The Balaban J connectivity index is 1.73. The maximum Gasteiger partial charge on any atom is 0.0585 e. The number of para-hydroxylation sites is 1. The van der Waals surface area contributed by atoms with Crippen molar-refractivity contribution in [2.45, 2.75) is 24.8 Å². The van der Waals surface area contributed by atoms with Crippen molar-refractivity contribution in [3.63, 3.8) is 0 Å². The highest BCUT2D eigenvalue weighted by Crippen LogP contribution is 2.49. The lowest BCUT2D eigenvalue weighted by Crippen LogP contribution is -2.32. The Labute approximate surface area is 126 Å². The molecule has 21 heavy (non-hydrogen) atoms. The maximum atomic E-state index is 3.78. The smallest absolute Gasteiger partial charge is 0.0585 e. The van der Waals surface area contributed by atoms with Gasteiger partial charge in [-0.3, -0.25) is 0 Å². The molecular formula is C19H22N2. The molecule has 2 aromatic rings. The van der Waals surface area contributed by atoms with E-state index in [4.69, 9.17) is 0 Å². The lowest BCUT2D eigenvalue weighted by Gasteiger charge is -2.32. The van der Waals surface area contributed by atoms with Crippen molar-refractivity contribution in [3.05, 3.63) is 65.7 Å². The van der Waals surface area contributed by atoms with Crippen molar-refractivity contribution in [1.82, 2.24) is 5.32 Å². The quantitative estimate of drug-likeness (QED) is 0.869. The normalized spacial score (nSPS) is 25.3. The van der Waals surface area contributed by atoms with Crippen molar-refractivity contribution in [3.8, 4) is 0 Å². The number of piperidine rings is 1. The molecule has 2 nitrogen and oxygen atoms in total. The fraction of sp³-hybridized carbons (Fsp3) is 0.368. The largest absolute Gasteiger partial charge is 0.377 e. The molecule has 2 aliphatic rings. The Morgan fingerprint density at radius 2 is 1.52 bits per heavy atom. The average molecular weight is 278 g/mol. The highest BCUT2D eigenvalue weighted by atomic mass is 15.0. The van der Waals surface area contributed by atoms with E-state index < -0.39 is 0 Å². The van der Waals surface area contributed by atoms with Crippen LogP contribution in [-0.4, -0.2) is 13.1 Å². The van der Waals surface area contributed by atoms with Gasteiger partial charge in [-0.2, -0.15) is 0 Å². The summed E-state index contributed by atoms with van der Waals surface area (Å²) >= 11 is 0.